The van der Waals surface area contributed by atoms with Crippen molar-refractivity contribution in [1.29, 1.82) is 0 Å². The molecule has 3 N–H and O–H groups in total. The Morgan fingerprint density at radius 3 is 2.76 bits per heavy atom. The number of hydrogen-bond acceptors (Lipinski definition) is 4. The summed E-state index contributed by atoms with van der Waals surface area (Å²) in [4.78, 5) is 4.18. The molecule has 0 aliphatic carbocycles. The topological polar surface area (TPSA) is 60.2 Å². The Hall–Kier alpha value is -2.23. The normalized spacial score (nSPS) is 9.94. The van der Waals surface area contributed by atoms with Crippen LogP contribution in [0.15, 0.2) is 42.6 Å². The third-order valence-corrected chi connectivity index (χ3v) is 2.24. The van der Waals surface area contributed by atoms with Gasteiger partial charge in [-0.2, -0.15) is 0 Å². The fraction of sp³-hybridized carbons (Fsp3) is 0.154. The maximum absolute atomic E-state index is 5.58. The van der Waals surface area contributed by atoms with E-state index >= 15 is 0 Å². The molecule has 88 valence electrons. The smallest absolute Gasteiger partial charge is 0.142 e. The first kappa shape index (κ1) is 11.3. The fourth-order valence-electron chi connectivity index (χ4n) is 1.47. The van der Waals surface area contributed by atoms with Crippen LogP contribution in [0.4, 0.5) is 17.2 Å². The van der Waals surface area contributed by atoms with Gasteiger partial charge >= 0.3 is 0 Å². The van der Waals surface area contributed by atoms with Gasteiger partial charge in [0.15, 0.2) is 0 Å². The van der Waals surface area contributed by atoms with E-state index in [2.05, 4.69) is 10.3 Å². The quantitative estimate of drug-likeness (QED) is 0.846. The average Bonchev–Trinajstić information content (AvgIpc) is 2.35. The van der Waals surface area contributed by atoms with Gasteiger partial charge in [-0.1, -0.05) is 12.1 Å². The van der Waals surface area contributed by atoms with Crippen LogP contribution in [0.5, 0.6) is 5.75 Å². The van der Waals surface area contributed by atoms with Gasteiger partial charge in [-0.05, 0) is 31.2 Å². The Kier molecular flexibility index (Phi) is 3.45. The van der Waals surface area contributed by atoms with Gasteiger partial charge in [-0.25, -0.2) is 4.98 Å². The molecule has 0 aliphatic heterocycles. The number of pyridine rings is 1. The van der Waals surface area contributed by atoms with Crippen molar-refractivity contribution in [3.8, 4) is 5.75 Å². The number of para-hydroxylation sites is 2. The van der Waals surface area contributed by atoms with Gasteiger partial charge in [-0.15, -0.1) is 0 Å². The van der Waals surface area contributed by atoms with Gasteiger partial charge in [0, 0.05) is 0 Å². The molecule has 0 aliphatic rings. The minimum Gasteiger partial charge on any atom is -0.492 e. The molecule has 2 aromatic rings. The lowest BCUT2D eigenvalue weighted by Gasteiger charge is -2.11. The molecular formula is C13H15N3O. The van der Waals surface area contributed by atoms with Crippen LogP contribution in [0.3, 0.4) is 0 Å². The standard InChI is InChI=1S/C13H15N3O/c1-2-17-12-6-4-3-5-11(12)16-13-8-7-10(14)9-15-13/h3-9H,2,14H2,1H3,(H,15,16). The van der Waals surface area contributed by atoms with Crippen LogP contribution in [0.25, 0.3) is 0 Å². The van der Waals surface area contributed by atoms with Crippen molar-refractivity contribution in [2.75, 3.05) is 17.7 Å². The van der Waals surface area contributed by atoms with Gasteiger partial charge in [0.05, 0.1) is 24.2 Å². The highest BCUT2D eigenvalue weighted by Gasteiger charge is 2.02. The van der Waals surface area contributed by atoms with E-state index in [1.807, 2.05) is 37.3 Å². The van der Waals surface area contributed by atoms with Crippen LogP contribution in [0.1, 0.15) is 6.92 Å². The van der Waals surface area contributed by atoms with Gasteiger partial charge in [0.25, 0.3) is 0 Å². The number of nitrogens with two attached hydrogens (primary N) is 1. The summed E-state index contributed by atoms with van der Waals surface area (Å²) in [5, 5.41) is 3.19. The first-order valence-electron chi connectivity index (χ1n) is 5.50. The average molecular weight is 229 g/mol. The highest BCUT2D eigenvalue weighted by molar-refractivity contribution is 5.64. The number of ether oxygens (including phenoxy) is 1. The number of nitrogen functional groups attached to an aromatic ring is 1. The number of aromatic nitrogens is 1. The van der Waals surface area contributed by atoms with E-state index in [0.717, 1.165) is 17.3 Å². The maximum Gasteiger partial charge on any atom is 0.142 e. The molecule has 4 nitrogen and oxygen atoms in total. The van der Waals surface area contributed by atoms with E-state index in [0.29, 0.717) is 12.3 Å². The van der Waals surface area contributed by atoms with Crippen LogP contribution in [0.2, 0.25) is 0 Å². The van der Waals surface area contributed by atoms with Crippen LogP contribution < -0.4 is 15.8 Å². The molecular weight excluding hydrogens is 214 g/mol. The van der Waals surface area contributed by atoms with E-state index in [4.69, 9.17) is 10.5 Å². The molecule has 0 saturated carbocycles. The van der Waals surface area contributed by atoms with Crippen LogP contribution >= 0.6 is 0 Å². The van der Waals surface area contributed by atoms with Crippen molar-refractivity contribution >= 4 is 17.2 Å². The summed E-state index contributed by atoms with van der Waals surface area (Å²) in [6.07, 6.45) is 1.62. The van der Waals surface area contributed by atoms with Crippen molar-refractivity contribution in [2.24, 2.45) is 0 Å². The molecule has 17 heavy (non-hydrogen) atoms. The second kappa shape index (κ2) is 5.21. The zero-order valence-electron chi connectivity index (χ0n) is 9.68. The summed E-state index contributed by atoms with van der Waals surface area (Å²) in [6.45, 7) is 2.59. The summed E-state index contributed by atoms with van der Waals surface area (Å²) in [5.74, 6) is 1.56. The second-order valence-electron chi connectivity index (χ2n) is 3.53. The van der Waals surface area contributed by atoms with Crippen LogP contribution in [-0.2, 0) is 0 Å². The predicted octanol–water partition coefficient (Wildman–Crippen LogP) is 2.81. The summed E-state index contributed by atoms with van der Waals surface area (Å²) < 4.78 is 5.52. The molecule has 0 saturated heterocycles. The zero-order valence-corrected chi connectivity index (χ0v) is 9.68. The van der Waals surface area contributed by atoms with Crippen LogP contribution in [-0.4, -0.2) is 11.6 Å². The molecule has 0 fully saturated rings. The first-order chi connectivity index (χ1) is 8.29. The Morgan fingerprint density at radius 2 is 2.06 bits per heavy atom. The Balaban J connectivity index is 2.20. The highest BCUT2D eigenvalue weighted by atomic mass is 16.5. The fourth-order valence-corrected chi connectivity index (χ4v) is 1.47. The molecule has 2 rings (SSSR count). The lowest BCUT2D eigenvalue weighted by atomic mass is 10.3. The number of nitrogens with one attached hydrogen (secondary N) is 1. The van der Waals surface area contributed by atoms with Crippen LogP contribution in [0, 0.1) is 0 Å². The second-order valence-corrected chi connectivity index (χ2v) is 3.53. The first-order valence-corrected chi connectivity index (χ1v) is 5.50. The molecule has 0 radical (unpaired) electrons. The summed E-state index contributed by atoms with van der Waals surface area (Å²) in [7, 11) is 0. The van der Waals surface area contributed by atoms with E-state index in [1.54, 1.807) is 12.3 Å². The number of nitrogens with zero attached hydrogens (tertiary/aromatic N) is 1. The summed E-state index contributed by atoms with van der Waals surface area (Å²) >= 11 is 0. The number of hydrogen-bond donors (Lipinski definition) is 2. The van der Waals surface area contributed by atoms with E-state index in [1.165, 1.54) is 0 Å². The summed E-state index contributed by atoms with van der Waals surface area (Å²) in [6, 6.07) is 11.4. The molecule has 0 spiro atoms. The Morgan fingerprint density at radius 1 is 1.24 bits per heavy atom. The van der Waals surface area contributed by atoms with Gasteiger partial charge in [0.2, 0.25) is 0 Å². The number of rotatable bonds is 4. The van der Waals surface area contributed by atoms with E-state index < -0.39 is 0 Å². The predicted molar refractivity (Wildman–Crippen MR) is 69.5 cm³/mol. The van der Waals surface area contributed by atoms with Crippen molar-refractivity contribution in [1.82, 2.24) is 4.98 Å². The van der Waals surface area contributed by atoms with Crippen molar-refractivity contribution < 1.29 is 4.74 Å². The monoisotopic (exact) mass is 229 g/mol. The van der Waals surface area contributed by atoms with Crippen molar-refractivity contribution in [3.63, 3.8) is 0 Å². The van der Waals surface area contributed by atoms with Gasteiger partial charge in [-0.3, -0.25) is 0 Å². The molecule has 0 bridgehead atoms. The zero-order chi connectivity index (χ0) is 12.1. The number of anilines is 3. The molecule has 1 heterocycles. The molecule has 0 amide bonds. The third-order valence-electron chi connectivity index (χ3n) is 2.24. The third kappa shape index (κ3) is 2.87. The lowest BCUT2D eigenvalue weighted by Crippen LogP contribution is -1.99. The van der Waals surface area contributed by atoms with Gasteiger partial charge in [0.1, 0.15) is 11.6 Å². The molecule has 4 heteroatoms. The van der Waals surface area contributed by atoms with E-state index in [-0.39, 0.29) is 0 Å². The molecule has 1 aromatic carbocycles. The highest BCUT2D eigenvalue weighted by Crippen LogP contribution is 2.26. The number of benzene rings is 1. The molecule has 0 unspecified atom stereocenters. The minimum atomic E-state index is 0.633. The maximum atomic E-state index is 5.58. The van der Waals surface area contributed by atoms with Gasteiger partial charge < -0.3 is 15.8 Å². The minimum absolute atomic E-state index is 0.633. The SMILES string of the molecule is CCOc1ccccc1Nc1ccc(N)cn1. The molecule has 0 atom stereocenters. The summed E-state index contributed by atoms with van der Waals surface area (Å²) in [5.41, 5.74) is 7.12. The van der Waals surface area contributed by atoms with E-state index in [9.17, 15) is 0 Å². The Bertz CT molecular complexity index is 482. The van der Waals surface area contributed by atoms with Crippen molar-refractivity contribution in [3.05, 3.63) is 42.6 Å². The largest absolute Gasteiger partial charge is 0.492 e. The lowest BCUT2D eigenvalue weighted by molar-refractivity contribution is 0.342. The molecule has 1 aromatic heterocycles. The van der Waals surface area contributed by atoms with Crippen molar-refractivity contribution in [2.45, 2.75) is 6.92 Å². The Labute approximate surface area is 100 Å².